The number of esters is 1. The Morgan fingerprint density at radius 2 is 0.965 bits per heavy atom. The van der Waals surface area contributed by atoms with Crippen LogP contribution >= 0.6 is 0 Å². The molecule has 1 N–H and O–H groups in total. The van der Waals surface area contributed by atoms with Gasteiger partial charge >= 0.3 is 30.7 Å². The average Bonchev–Trinajstić information content (AvgIpc) is 3.85. The van der Waals surface area contributed by atoms with E-state index < -0.39 is 78.8 Å². The molecule has 8 fully saturated rings. The van der Waals surface area contributed by atoms with Crippen LogP contribution in [0.3, 0.4) is 0 Å². The number of alkyl halides is 12. The Morgan fingerprint density at radius 1 is 0.579 bits per heavy atom. The second-order valence-electron chi connectivity index (χ2n) is 20.1. The second kappa shape index (κ2) is 15.2. The summed E-state index contributed by atoms with van der Waals surface area (Å²) < 4.78 is 173. The third kappa shape index (κ3) is 8.20. The van der Waals surface area contributed by atoms with E-state index in [2.05, 4.69) is 0 Å². The molecule has 8 atom stereocenters. The van der Waals surface area contributed by atoms with Crippen LogP contribution < -0.4 is 0 Å². The molecule has 0 aromatic heterocycles. The molecule has 8 aliphatic rings. The van der Waals surface area contributed by atoms with Crippen LogP contribution in [0.4, 0.5) is 52.7 Å². The van der Waals surface area contributed by atoms with Crippen molar-refractivity contribution >= 4 is 5.97 Å². The summed E-state index contributed by atoms with van der Waals surface area (Å²) in [6.07, 6.45) is -16.7. The van der Waals surface area contributed by atoms with Gasteiger partial charge in [-0.2, -0.15) is 52.7 Å². The molecule has 0 radical (unpaired) electrons. The first-order valence-electron chi connectivity index (χ1n) is 20.8. The lowest BCUT2D eigenvalue weighted by Gasteiger charge is -2.59. The number of fused-ring (bicyclic) bond motifs is 4. The highest BCUT2D eigenvalue weighted by atomic mass is 19.4. The quantitative estimate of drug-likeness (QED) is 0.176. The molecule has 8 aliphatic carbocycles. The largest absolute Gasteiger partial charge is 0.457 e. The summed E-state index contributed by atoms with van der Waals surface area (Å²) >= 11 is 0. The first kappa shape index (κ1) is 45.1. The Labute approximate surface area is 326 Å². The van der Waals surface area contributed by atoms with Crippen LogP contribution in [0.25, 0.3) is 0 Å². The predicted molar refractivity (Wildman–Crippen MR) is 184 cm³/mol. The number of halogens is 12. The van der Waals surface area contributed by atoms with Gasteiger partial charge in [0.15, 0.2) is 0 Å². The predicted octanol–water partition coefficient (Wildman–Crippen LogP) is 11.9. The van der Waals surface area contributed by atoms with Gasteiger partial charge in [0.1, 0.15) is 12.2 Å². The smallest absolute Gasteiger partial charge is 0.426 e. The molecule has 0 heterocycles. The van der Waals surface area contributed by atoms with Crippen LogP contribution in [-0.4, -0.2) is 59.2 Å². The Hall–Kier alpha value is -1.45. The molecule has 8 bridgehead atoms. The fraction of sp³-hybridized carbons (Fsp3) is 0.976. The van der Waals surface area contributed by atoms with Crippen molar-refractivity contribution in [3.05, 3.63) is 0 Å². The van der Waals surface area contributed by atoms with Gasteiger partial charge in [0.25, 0.3) is 11.2 Å². The van der Waals surface area contributed by atoms with Crippen LogP contribution in [0.5, 0.6) is 0 Å². The molecule has 16 heteroatoms. The first-order valence-corrected chi connectivity index (χ1v) is 20.8. The van der Waals surface area contributed by atoms with Gasteiger partial charge < -0.3 is 14.6 Å². The molecule has 8 saturated carbocycles. The monoisotopic (exact) mass is 842 g/mol. The van der Waals surface area contributed by atoms with E-state index in [4.69, 9.17) is 9.47 Å². The summed E-state index contributed by atoms with van der Waals surface area (Å²) in [6, 6.07) is 0. The zero-order valence-electron chi connectivity index (χ0n) is 33.2. The maximum Gasteiger partial charge on any atom is 0.426 e. The van der Waals surface area contributed by atoms with Crippen molar-refractivity contribution in [2.24, 2.45) is 82.9 Å². The van der Waals surface area contributed by atoms with Gasteiger partial charge in [0.2, 0.25) is 0 Å². The summed E-state index contributed by atoms with van der Waals surface area (Å²) in [5.74, 6) is -0.417. The number of ether oxygens (including phenoxy) is 2. The van der Waals surface area contributed by atoms with Crippen molar-refractivity contribution < 1.29 is 72.1 Å². The third-order valence-electron chi connectivity index (χ3n) is 16.2. The summed E-state index contributed by atoms with van der Waals surface area (Å²) in [6.45, 7) is 8.29. The fourth-order valence-electron chi connectivity index (χ4n) is 13.6. The molecule has 57 heavy (non-hydrogen) atoms. The minimum atomic E-state index is -5.70. The molecular formula is C41H58F12O4. The van der Waals surface area contributed by atoms with Crippen LogP contribution in [0.2, 0.25) is 0 Å². The maximum absolute atomic E-state index is 14.2. The van der Waals surface area contributed by atoms with Gasteiger partial charge in [-0.05, 0) is 173 Å². The van der Waals surface area contributed by atoms with Crippen molar-refractivity contribution in [1.82, 2.24) is 0 Å². The Kier molecular flexibility index (Phi) is 12.0. The average molecular weight is 843 g/mol. The minimum absolute atomic E-state index is 0.106. The molecule has 0 spiro atoms. The van der Waals surface area contributed by atoms with Crippen molar-refractivity contribution in [3.63, 3.8) is 0 Å². The van der Waals surface area contributed by atoms with E-state index in [1.807, 2.05) is 27.7 Å². The van der Waals surface area contributed by atoms with E-state index in [0.717, 1.165) is 38.5 Å². The highest BCUT2D eigenvalue weighted by Gasteiger charge is 2.74. The van der Waals surface area contributed by atoms with Crippen LogP contribution in [-0.2, 0) is 14.3 Å². The molecule has 0 amide bonds. The Bertz CT molecular complexity index is 1380. The van der Waals surface area contributed by atoms with Gasteiger partial charge in [-0.3, -0.25) is 0 Å². The first-order chi connectivity index (χ1) is 26.0. The molecule has 330 valence electrons. The van der Waals surface area contributed by atoms with Crippen molar-refractivity contribution in [3.8, 4) is 0 Å². The van der Waals surface area contributed by atoms with E-state index in [-0.39, 0.29) is 59.2 Å². The zero-order chi connectivity index (χ0) is 42.5. The molecule has 8 rings (SSSR count). The fourth-order valence-corrected chi connectivity index (χ4v) is 13.6. The standard InChI is InChI=1S/C27H38F6O3.C14H20F6O/c1-14(2)21-10-17-5-18(22(21)11-17)12-25(26(28,29)30,27(31,32)33)35-13-23(34)36-24(3)19-6-15-4-16(8-19)9-20(24)7-15;1-7(2)10-4-8-3-9(11(10)5-8)6-12(21,13(15,16)17)14(18,19)20/h14-22H,4-13H2,1-3H3;7-11,21H,3-6H2,1-2H3. The van der Waals surface area contributed by atoms with E-state index in [1.165, 1.54) is 6.42 Å². The number of carbonyl (C=O) groups is 1. The number of aliphatic hydroxyl groups is 1. The molecule has 0 saturated heterocycles. The molecular weight excluding hydrogens is 784 g/mol. The molecule has 0 aliphatic heterocycles. The Balaban J connectivity index is 0.000000223. The van der Waals surface area contributed by atoms with Gasteiger partial charge in [0, 0.05) is 0 Å². The van der Waals surface area contributed by atoms with E-state index in [0.29, 0.717) is 37.5 Å². The number of rotatable bonds is 10. The number of carbonyl (C=O) groups excluding carboxylic acids is 1. The normalized spacial score (nSPS) is 39.0. The minimum Gasteiger partial charge on any atom is -0.457 e. The van der Waals surface area contributed by atoms with Gasteiger partial charge in [-0.15, -0.1) is 0 Å². The van der Waals surface area contributed by atoms with Gasteiger partial charge in [-0.1, -0.05) is 27.7 Å². The maximum atomic E-state index is 14.2. The summed E-state index contributed by atoms with van der Waals surface area (Å²) in [7, 11) is 0. The molecule has 0 aromatic carbocycles. The van der Waals surface area contributed by atoms with Crippen LogP contribution in [0.1, 0.15) is 118 Å². The van der Waals surface area contributed by atoms with Crippen LogP contribution in [0.15, 0.2) is 0 Å². The highest BCUT2D eigenvalue weighted by Crippen LogP contribution is 2.62. The van der Waals surface area contributed by atoms with E-state index in [1.54, 1.807) is 6.92 Å². The van der Waals surface area contributed by atoms with Crippen molar-refractivity contribution in [2.45, 2.75) is 160 Å². The second-order valence-corrected chi connectivity index (χ2v) is 20.1. The molecule has 4 nitrogen and oxygen atoms in total. The van der Waals surface area contributed by atoms with Crippen LogP contribution in [0, 0.1) is 82.9 Å². The Morgan fingerprint density at radius 3 is 1.32 bits per heavy atom. The molecule has 0 aromatic rings. The topological polar surface area (TPSA) is 55.8 Å². The lowest BCUT2D eigenvalue weighted by Crippen LogP contribution is -2.61. The summed E-state index contributed by atoms with van der Waals surface area (Å²) in [4.78, 5) is 12.8. The third-order valence-corrected chi connectivity index (χ3v) is 16.2. The highest BCUT2D eigenvalue weighted by molar-refractivity contribution is 5.71. The molecule has 8 unspecified atom stereocenters. The van der Waals surface area contributed by atoms with Crippen molar-refractivity contribution in [2.75, 3.05) is 6.61 Å². The van der Waals surface area contributed by atoms with E-state index in [9.17, 15) is 62.6 Å². The lowest BCUT2D eigenvalue weighted by atomic mass is 9.50. The number of hydrogen-bond acceptors (Lipinski definition) is 4. The van der Waals surface area contributed by atoms with Crippen molar-refractivity contribution in [1.29, 1.82) is 0 Å². The SMILES string of the molecule is CC(C)C1CC2CC(CC(O)(C(F)(F)F)C(F)(F)F)C1C2.CC(C)C1CC2CC(CC(OCC(=O)OC3(C)C4CC5CC(C4)CC3C5)(C(F)(F)F)C(F)(F)F)C1C2. The summed E-state index contributed by atoms with van der Waals surface area (Å²) in [5.41, 5.74) is -9.81. The summed E-state index contributed by atoms with van der Waals surface area (Å²) in [5, 5.41) is 9.35. The number of hydrogen-bond donors (Lipinski definition) is 1. The van der Waals surface area contributed by atoms with E-state index >= 15 is 0 Å². The lowest BCUT2D eigenvalue weighted by molar-refractivity contribution is -0.385. The van der Waals surface area contributed by atoms with Gasteiger partial charge in [-0.25, -0.2) is 4.79 Å². The zero-order valence-corrected chi connectivity index (χ0v) is 33.2. The van der Waals surface area contributed by atoms with Gasteiger partial charge in [0.05, 0.1) is 0 Å².